The number of rotatable bonds is 9. The second-order valence-electron chi connectivity index (χ2n) is 6.51. The minimum absolute atomic E-state index is 0.456. The molecule has 0 aromatic rings. The van der Waals surface area contributed by atoms with E-state index in [-0.39, 0.29) is 0 Å². The van der Waals surface area contributed by atoms with E-state index >= 15 is 0 Å². The highest BCUT2D eigenvalue weighted by Crippen LogP contribution is 2.22. The van der Waals surface area contributed by atoms with Crippen LogP contribution in [0.3, 0.4) is 0 Å². The van der Waals surface area contributed by atoms with Gasteiger partial charge in [-0.15, -0.1) is 0 Å². The minimum atomic E-state index is 0.456. The predicted molar refractivity (Wildman–Crippen MR) is 80.7 cm³/mol. The number of nitrogens with two attached hydrogens (primary N) is 1. The summed E-state index contributed by atoms with van der Waals surface area (Å²) in [4.78, 5) is 0. The summed E-state index contributed by atoms with van der Waals surface area (Å²) in [5.74, 6) is 1.61. The highest BCUT2D eigenvalue weighted by Gasteiger charge is 2.20. The average molecular weight is 254 g/mol. The fraction of sp³-hybridized carbons (Fsp3) is 1.00. The number of hydrogen-bond acceptors (Lipinski definition) is 2. The van der Waals surface area contributed by atoms with E-state index < -0.39 is 0 Å². The summed E-state index contributed by atoms with van der Waals surface area (Å²) in [6, 6.07) is 0.456. The molecule has 1 rings (SSSR count). The SMILES string of the molecule is CC(C)CCCCCCNCC1CCCCC1N. The van der Waals surface area contributed by atoms with Crippen LogP contribution in [0.5, 0.6) is 0 Å². The Labute approximate surface area is 114 Å². The summed E-state index contributed by atoms with van der Waals surface area (Å²) in [6.07, 6.45) is 12.2. The van der Waals surface area contributed by atoms with Gasteiger partial charge in [0.1, 0.15) is 0 Å². The lowest BCUT2D eigenvalue weighted by Crippen LogP contribution is -2.39. The van der Waals surface area contributed by atoms with E-state index in [4.69, 9.17) is 5.73 Å². The Balaban J connectivity index is 1.86. The molecule has 0 bridgehead atoms. The zero-order valence-electron chi connectivity index (χ0n) is 12.6. The molecular weight excluding hydrogens is 220 g/mol. The molecule has 1 aliphatic rings. The van der Waals surface area contributed by atoms with Crippen molar-refractivity contribution < 1.29 is 0 Å². The molecule has 1 aliphatic carbocycles. The maximum Gasteiger partial charge on any atom is 0.00792 e. The Morgan fingerprint density at radius 2 is 1.78 bits per heavy atom. The Hall–Kier alpha value is -0.0800. The zero-order valence-corrected chi connectivity index (χ0v) is 12.6. The van der Waals surface area contributed by atoms with Gasteiger partial charge in [0.2, 0.25) is 0 Å². The first-order valence-corrected chi connectivity index (χ1v) is 8.16. The summed E-state index contributed by atoms with van der Waals surface area (Å²) in [7, 11) is 0. The van der Waals surface area contributed by atoms with Crippen LogP contribution in [0, 0.1) is 11.8 Å². The first-order valence-electron chi connectivity index (χ1n) is 8.16. The van der Waals surface area contributed by atoms with Gasteiger partial charge in [0.25, 0.3) is 0 Å². The van der Waals surface area contributed by atoms with Crippen molar-refractivity contribution in [2.24, 2.45) is 17.6 Å². The van der Waals surface area contributed by atoms with Crippen molar-refractivity contribution in [1.82, 2.24) is 5.32 Å². The van der Waals surface area contributed by atoms with Crippen LogP contribution in [0.2, 0.25) is 0 Å². The van der Waals surface area contributed by atoms with Crippen molar-refractivity contribution in [3.05, 3.63) is 0 Å². The molecule has 1 fully saturated rings. The lowest BCUT2D eigenvalue weighted by molar-refractivity contribution is 0.296. The molecule has 2 atom stereocenters. The lowest BCUT2D eigenvalue weighted by Gasteiger charge is -2.28. The summed E-state index contributed by atoms with van der Waals surface area (Å²) < 4.78 is 0. The van der Waals surface area contributed by atoms with Crippen LogP contribution in [-0.4, -0.2) is 19.1 Å². The van der Waals surface area contributed by atoms with Gasteiger partial charge >= 0.3 is 0 Å². The topological polar surface area (TPSA) is 38.0 Å². The third-order valence-electron chi connectivity index (χ3n) is 4.26. The van der Waals surface area contributed by atoms with Gasteiger partial charge in [0, 0.05) is 6.04 Å². The zero-order chi connectivity index (χ0) is 13.2. The van der Waals surface area contributed by atoms with E-state index in [0.29, 0.717) is 6.04 Å². The standard InChI is InChI=1S/C16H34N2/c1-14(2)9-5-3-4-8-12-18-13-15-10-6-7-11-16(15)17/h14-16,18H,3-13,17H2,1-2H3. The molecular formula is C16H34N2. The van der Waals surface area contributed by atoms with Crippen molar-refractivity contribution in [1.29, 1.82) is 0 Å². The summed E-state index contributed by atoms with van der Waals surface area (Å²) in [6.45, 7) is 6.96. The van der Waals surface area contributed by atoms with Crippen LogP contribution < -0.4 is 11.1 Å². The highest BCUT2D eigenvalue weighted by atomic mass is 14.9. The van der Waals surface area contributed by atoms with E-state index in [2.05, 4.69) is 19.2 Å². The minimum Gasteiger partial charge on any atom is -0.327 e. The Kier molecular flexibility index (Phi) is 8.70. The van der Waals surface area contributed by atoms with E-state index in [1.165, 1.54) is 64.3 Å². The first-order chi connectivity index (χ1) is 8.70. The third-order valence-corrected chi connectivity index (χ3v) is 4.26. The molecule has 0 heterocycles. The van der Waals surface area contributed by atoms with Crippen LogP contribution >= 0.6 is 0 Å². The molecule has 2 nitrogen and oxygen atoms in total. The Morgan fingerprint density at radius 3 is 2.50 bits per heavy atom. The average Bonchev–Trinajstić information content (AvgIpc) is 2.34. The molecule has 2 heteroatoms. The van der Waals surface area contributed by atoms with Crippen molar-refractivity contribution in [3.63, 3.8) is 0 Å². The summed E-state index contributed by atoms with van der Waals surface area (Å²) in [5, 5.41) is 3.61. The molecule has 0 radical (unpaired) electrons. The molecule has 2 unspecified atom stereocenters. The van der Waals surface area contributed by atoms with E-state index in [0.717, 1.165) is 18.4 Å². The van der Waals surface area contributed by atoms with Gasteiger partial charge in [-0.3, -0.25) is 0 Å². The van der Waals surface area contributed by atoms with E-state index in [9.17, 15) is 0 Å². The smallest absolute Gasteiger partial charge is 0.00792 e. The molecule has 108 valence electrons. The van der Waals surface area contributed by atoms with Crippen LogP contribution in [-0.2, 0) is 0 Å². The number of unbranched alkanes of at least 4 members (excludes halogenated alkanes) is 3. The van der Waals surface area contributed by atoms with Crippen LogP contribution in [0.15, 0.2) is 0 Å². The number of nitrogens with one attached hydrogen (secondary N) is 1. The van der Waals surface area contributed by atoms with Gasteiger partial charge in [-0.1, -0.05) is 52.4 Å². The highest BCUT2D eigenvalue weighted by molar-refractivity contribution is 4.79. The maximum absolute atomic E-state index is 6.15. The predicted octanol–water partition coefficient (Wildman–Crippen LogP) is 3.70. The molecule has 0 aromatic heterocycles. The second kappa shape index (κ2) is 9.80. The molecule has 3 N–H and O–H groups in total. The quantitative estimate of drug-likeness (QED) is 0.616. The molecule has 0 spiro atoms. The maximum atomic E-state index is 6.15. The fourth-order valence-electron chi connectivity index (χ4n) is 2.93. The van der Waals surface area contributed by atoms with Gasteiger partial charge in [-0.05, 0) is 44.2 Å². The third kappa shape index (κ3) is 7.38. The van der Waals surface area contributed by atoms with Gasteiger partial charge in [-0.2, -0.15) is 0 Å². The molecule has 18 heavy (non-hydrogen) atoms. The van der Waals surface area contributed by atoms with Crippen molar-refractivity contribution >= 4 is 0 Å². The Bertz CT molecular complexity index is 192. The monoisotopic (exact) mass is 254 g/mol. The van der Waals surface area contributed by atoms with Crippen molar-refractivity contribution in [2.45, 2.75) is 77.7 Å². The normalized spacial score (nSPS) is 24.7. The van der Waals surface area contributed by atoms with E-state index in [1.54, 1.807) is 0 Å². The Morgan fingerprint density at radius 1 is 1.06 bits per heavy atom. The van der Waals surface area contributed by atoms with Crippen LogP contribution in [0.4, 0.5) is 0 Å². The van der Waals surface area contributed by atoms with E-state index in [1.807, 2.05) is 0 Å². The molecule has 0 aromatic carbocycles. The lowest BCUT2D eigenvalue weighted by atomic mass is 9.85. The van der Waals surface area contributed by atoms with Gasteiger partial charge in [0.05, 0.1) is 0 Å². The second-order valence-corrected chi connectivity index (χ2v) is 6.51. The van der Waals surface area contributed by atoms with Gasteiger partial charge < -0.3 is 11.1 Å². The van der Waals surface area contributed by atoms with Gasteiger partial charge in [0.15, 0.2) is 0 Å². The fourth-order valence-corrected chi connectivity index (χ4v) is 2.93. The van der Waals surface area contributed by atoms with Crippen LogP contribution in [0.1, 0.15) is 71.6 Å². The van der Waals surface area contributed by atoms with Gasteiger partial charge in [-0.25, -0.2) is 0 Å². The van der Waals surface area contributed by atoms with Crippen molar-refractivity contribution in [3.8, 4) is 0 Å². The van der Waals surface area contributed by atoms with Crippen LogP contribution in [0.25, 0.3) is 0 Å². The number of hydrogen-bond donors (Lipinski definition) is 2. The first kappa shape index (κ1) is 16.0. The molecule has 0 amide bonds. The molecule has 1 saturated carbocycles. The summed E-state index contributed by atoms with van der Waals surface area (Å²) >= 11 is 0. The van der Waals surface area contributed by atoms with Crippen molar-refractivity contribution in [2.75, 3.05) is 13.1 Å². The summed E-state index contributed by atoms with van der Waals surface area (Å²) in [5.41, 5.74) is 6.15. The molecule has 0 saturated heterocycles. The largest absolute Gasteiger partial charge is 0.327 e. The molecule has 0 aliphatic heterocycles.